The third kappa shape index (κ3) is 2.62. The lowest BCUT2D eigenvalue weighted by atomic mass is 9.95. The van der Waals surface area contributed by atoms with Gasteiger partial charge in [-0.3, -0.25) is 9.78 Å². The van der Waals surface area contributed by atoms with Gasteiger partial charge in [0.2, 0.25) is 0 Å². The number of nitrogens with two attached hydrogens (primary N) is 1. The molecule has 0 saturated carbocycles. The maximum atomic E-state index is 11.9. The molecule has 1 aromatic heterocycles. The van der Waals surface area contributed by atoms with Crippen LogP contribution < -0.4 is 11.5 Å². The summed E-state index contributed by atoms with van der Waals surface area (Å²) in [6.45, 7) is 3.59. The molecule has 1 aromatic carbocycles. The van der Waals surface area contributed by atoms with Gasteiger partial charge in [0, 0.05) is 17.5 Å². The number of H-pyrrole nitrogens is 1. The molecule has 1 heterocycles. The van der Waals surface area contributed by atoms with Gasteiger partial charge < -0.3 is 10.2 Å². The first-order valence-electron chi connectivity index (χ1n) is 5.30. The van der Waals surface area contributed by atoms with E-state index >= 15 is 0 Å². The number of carbonyl (C=O) groups excluding carboxylic acids is 1. The van der Waals surface area contributed by atoms with Crippen LogP contribution >= 0.6 is 0 Å². The summed E-state index contributed by atoms with van der Waals surface area (Å²) in [6, 6.07) is 4.84. The molecule has 17 heavy (non-hydrogen) atoms. The number of oxazole rings is 1. The van der Waals surface area contributed by atoms with Crippen LogP contribution in [-0.4, -0.2) is 16.3 Å². The van der Waals surface area contributed by atoms with Gasteiger partial charge in [0.05, 0.1) is 5.52 Å². The third-order valence-electron chi connectivity index (χ3n) is 2.36. The van der Waals surface area contributed by atoms with Gasteiger partial charge in [0.25, 0.3) is 0 Å². The van der Waals surface area contributed by atoms with Crippen LogP contribution in [0.4, 0.5) is 0 Å². The Bertz CT molecular complexity index is 616. The maximum Gasteiger partial charge on any atom is 0.417 e. The highest BCUT2D eigenvalue weighted by Gasteiger charge is 2.18. The molecule has 0 spiro atoms. The van der Waals surface area contributed by atoms with Gasteiger partial charge >= 0.3 is 5.76 Å². The van der Waals surface area contributed by atoms with E-state index in [0.29, 0.717) is 16.7 Å². The first-order valence-corrected chi connectivity index (χ1v) is 5.30. The van der Waals surface area contributed by atoms with E-state index in [-0.39, 0.29) is 12.2 Å². The Balaban J connectivity index is 2.36. The summed E-state index contributed by atoms with van der Waals surface area (Å²) < 4.78 is 4.86. The molecule has 0 bridgehead atoms. The Morgan fingerprint density at radius 2 is 2.18 bits per heavy atom. The molecule has 2 aromatic rings. The van der Waals surface area contributed by atoms with Crippen LogP contribution in [0.25, 0.3) is 11.1 Å². The van der Waals surface area contributed by atoms with Gasteiger partial charge in [-0.15, -0.1) is 0 Å². The highest BCUT2D eigenvalue weighted by Crippen LogP contribution is 2.16. The predicted octanol–water partition coefficient (Wildman–Crippen LogP) is 1.43. The molecule has 0 radical (unpaired) electrons. The lowest BCUT2D eigenvalue weighted by molar-refractivity contribution is 0.0960. The van der Waals surface area contributed by atoms with Gasteiger partial charge in [-0.2, -0.15) is 0 Å². The fourth-order valence-corrected chi connectivity index (χ4v) is 1.64. The summed E-state index contributed by atoms with van der Waals surface area (Å²) in [5.74, 6) is -0.579. The third-order valence-corrected chi connectivity index (χ3v) is 2.36. The summed E-state index contributed by atoms with van der Waals surface area (Å²) >= 11 is 0. The molecule has 0 aliphatic heterocycles. The molecular formula is C12H14N2O3. The van der Waals surface area contributed by atoms with Crippen molar-refractivity contribution in [2.45, 2.75) is 25.8 Å². The van der Waals surface area contributed by atoms with Crippen LogP contribution in [0.1, 0.15) is 30.6 Å². The summed E-state index contributed by atoms with van der Waals surface area (Å²) in [5, 5.41) is 0. The molecule has 5 nitrogen and oxygen atoms in total. The highest BCUT2D eigenvalue weighted by atomic mass is 16.4. The number of aromatic nitrogens is 1. The molecular weight excluding hydrogens is 220 g/mol. The fraction of sp³-hybridized carbons (Fsp3) is 0.333. The second kappa shape index (κ2) is 3.85. The van der Waals surface area contributed by atoms with Gasteiger partial charge in [-0.25, -0.2) is 4.79 Å². The number of nitrogens with one attached hydrogen (secondary N) is 1. The molecule has 0 amide bonds. The predicted molar refractivity (Wildman–Crippen MR) is 64.0 cm³/mol. The number of rotatable bonds is 3. The van der Waals surface area contributed by atoms with Crippen molar-refractivity contribution in [1.82, 2.24) is 4.98 Å². The first-order chi connectivity index (χ1) is 7.85. The van der Waals surface area contributed by atoms with Crippen molar-refractivity contribution in [3.05, 3.63) is 34.3 Å². The minimum atomic E-state index is -0.546. The van der Waals surface area contributed by atoms with E-state index in [2.05, 4.69) is 4.98 Å². The summed E-state index contributed by atoms with van der Waals surface area (Å²) in [7, 11) is 0. The van der Waals surface area contributed by atoms with Crippen molar-refractivity contribution in [3.63, 3.8) is 0 Å². The normalized spacial score (nSPS) is 11.9. The topological polar surface area (TPSA) is 89.1 Å². The number of carbonyl (C=O) groups is 1. The molecule has 0 unspecified atom stereocenters. The standard InChI is InChI=1S/C12H14N2O3/c1-12(2,13)6-9(15)7-3-4-10-8(5-7)14-11(16)17-10/h3-5H,6,13H2,1-2H3,(H,14,16). The average Bonchev–Trinajstić information content (AvgIpc) is 2.53. The second-order valence-corrected chi connectivity index (χ2v) is 4.81. The van der Waals surface area contributed by atoms with Crippen LogP contribution in [0, 0.1) is 0 Å². The van der Waals surface area contributed by atoms with E-state index in [9.17, 15) is 9.59 Å². The van der Waals surface area contributed by atoms with Crippen molar-refractivity contribution in [2.24, 2.45) is 5.73 Å². The lowest BCUT2D eigenvalue weighted by Gasteiger charge is -2.16. The number of Topliss-reactive ketones (excluding diaryl/α,β-unsaturated/α-hetero) is 1. The Morgan fingerprint density at radius 3 is 2.82 bits per heavy atom. The van der Waals surface area contributed by atoms with E-state index in [1.807, 2.05) is 0 Å². The molecule has 0 fully saturated rings. The Labute approximate surface area is 97.6 Å². The van der Waals surface area contributed by atoms with Crippen LogP contribution in [-0.2, 0) is 0 Å². The monoisotopic (exact) mass is 234 g/mol. The minimum Gasteiger partial charge on any atom is -0.408 e. The van der Waals surface area contributed by atoms with E-state index in [1.165, 1.54) is 0 Å². The number of ketones is 1. The van der Waals surface area contributed by atoms with Crippen molar-refractivity contribution in [1.29, 1.82) is 0 Å². The Morgan fingerprint density at radius 1 is 1.47 bits per heavy atom. The SMILES string of the molecule is CC(C)(N)CC(=O)c1ccc2oc(=O)[nH]c2c1. The van der Waals surface area contributed by atoms with Gasteiger partial charge in [0.15, 0.2) is 11.4 Å². The maximum absolute atomic E-state index is 11.9. The number of hydrogen-bond acceptors (Lipinski definition) is 4. The zero-order valence-electron chi connectivity index (χ0n) is 9.74. The van der Waals surface area contributed by atoms with Crippen molar-refractivity contribution in [2.75, 3.05) is 0 Å². The van der Waals surface area contributed by atoms with Crippen LogP contribution in [0.15, 0.2) is 27.4 Å². The number of benzene rings is 1. The lowest BCUT2D eigenvalue weighted by Crippen LogP contribution is -2.34. The van der Waals surface area contributed by atoms with Gasteiger partial charge in [-0.1, -0.05) is 0 Å². The molecule has 5 heteroatoms. The average molecular weight is 234 g/mol. The van der Waals surface area contributed by atoms with Gasteiger partial charge in [-0.05, 0) is 32.0 Å². The smallest absolute Gasteiger partial charge is 0.408 e. The number of hydrogen-bond donors (Lipinski definition) is 2. The Hall–Kier alpha value is -1.88. The molecule has 0 aliphatic rings. The molecule has 0 saturated heterocycles. The van der Waals surface area contributed by atoms with E-state index in [0.717, 1.165) is 0 Å². The quantitative estimate of drug-likeness (QED) is 0.786. The van der Waals surface area contributed by atoms with E-state index in [4.69, 9.17) is 10.2 Å². The van der Waals surface area contributed by atoms with Crippen LogP contribution in [0.2, 0.25) is 0 Å². The molecule has 3 N–H and O–H groups in total. The zero-order valence-corrected chi connectivity index (χ0v) is 9.74. The fourth-order valence-electron chi connectivity index (χ4n) is 1.64. The first kappa shape index (κ1) is 11.6. The van der Waals surface area contributed by atoms with Crippen molar-refractivity contribution >= 4 is 16.9 Å². The zero-order chi connectivity index (χ0) is 12.6. The second-order valence-electron chi connectivity index (χ2n) is 4.81. The summed E-state index contributed by atoms with van der Waals surface area (Å²) in [6.07, 6.45) is 0.251. The van der Waals surface area contributed by atoms with Crippen molar-refractivity contribution < 1.29 is 9.21 Å². The van der Waals surface area contributed by atoms with Crippen molar-refractivity contribution in [3.8, 4) is 0 Å². The molecule has 0 atom stereocenters. The number of fused-ring (bicyclic) bond motifs is 1. The number of aromatic amines is 1. The molecule has 2 rings (SSSR count). The van der Waals surface area contributed by atoms with Crippen LogP contribution in [0.5, 0.6) is 0 Å². The summed E-state index contributed by atoms with van der Waals surface area (Å²) in [4.78, 5) is 25.4. The Kier molecular flexibility index (Phi) is 2.63. The van der Waals surface area contributed by atoms with E-state index < -0.39 is 11.3 Å². The van der Waals surface area contributed by atoms with Crippen LogP contribution in [0.3, 0.4) is 0 Å². The molecule has 90 valence electrons. The minimum absolute atomic E-state index is 0.0542. The van der Waals surface area contributed by atoms with E-state index in [1.54, 1.807) is 32.0 Å². The highest BCUT2D eigenvalue weighted by molar-refractivity contribution is 5.99. The largest absolute Gasteiger partial charge is 0.417 e. The summed E-state index contributed by atoms with van der Waals surface area (Å²) in [5.41, 5.74) is 6.74. The van der Waals surface area contributed by atoms with Gasteiger partial charge in [0.1, 0.15) is 0 Å². The molecule has 0 aliphatic carbocycles.